The number of nitrogens with zero attached hydrogens (tertiary/aromatic N) is 3. The summed E-state index contributed by atoms with van der Waals surface area (Å²) in [6.45, 7) is 8.76. The molecule has 1 aliphatic heterocycles. The zero-order valence-corrected chi connectivity index (χ0v) is 23.5. The molecule has 7 heteroatoms. The van der Waals surface area contributed by atoms with E-state index in [-0.39, 0.29) is 24.0 Å². The first kappa shape index (κ1) is 27.9. The minimum atomic E-state index is -0.162. The van der Waals surface area contributed by atoms with E-state index in [0.29, 0.717) is 18.8 Å². The number of hydrogen-bond donors (Lipinski definition) is 0. The van der Waals surface area contributed by atoms with Crippen molar-refractivity contribution in [2.24, 2.45) is 5.92 Å². The second kappa shape index (κ2) is 12.6. The van der Waals surface area contributed by atoms with E-state index in [9.17, 15) is 4.79 Å². The van der Waals surface area contributed by atoms with Crippen LogP contribution in [0.2, 0.25) is 0 Å². The van der Waals surface area contributed by atoms with Gasteiger partial charge >= 0.3 is 0 Å². The van der Waals surface area contributed by atoms with E-state index in [1.54, 1.807) is 26.6 Å². The smallest absolute Gasteiger partial charge is 0.223 e. The van der Waals surface area contributed by atoms with Gasteiger partial charge in [0.25, 0.3) is 0 Å². The van der Waals surface area contributed by atoms with Crippen molar-refractivity contribution >= 4 is 16.8 Å². The van der Waals surface area contributed by atoms with Crippen molar-refractivity contribution in [3.8, 4) is 28.5 Å². The van der Waals surface area contributed by atoms with Crippen LogP contribution in [0.5, 0.6) is 17.4 Å². The Kier molecular flexibility index (Phi) is 9.02. The minimum absolute atomic E-state index is 0.0217. The number of rotatable bonds is 8. The summed E-state index contributed by atoms with van der Waals surface area (Å²) >= 11 is 0. The molecule has 2 aromatic heterocycles. The summed E-state index contributed by atoms with van der Waals surface area (Å²) in [5, 5.41) is 0.937. The Balaban J connectivity index is 0.00000172. The number of benzene rings is 2. The first-order valence-corrected chi connectivity index (χ1v) is 13.5. The highest BCUT2D eigenvalue weighted by molar-refractivity contribution is 5.90. The van der Waals surface area contributed by atoms with Crippen LogP contribution >= 0.6 is 0 Å². The molecular weight excluding hydrogens is 490 g/mol. The molecule has 3 heterocycles. The van der Waals surface area contributed by atoms with E-state index < -0.39 is 0 Å². The largest absolute Gasteiger partial charge is 0.497 e. The first-order chi connectivity index (χ1) is 19.0. The number of likely N-dealkylation sites (tertiary alicyclic amines) is 1. The van der Waals surface area contributed by atoms with E-state index in [4.69, 9.17) is 14.2 Å². The lowest BCUT2D eigenvalue weighted by atomic mass is 10.0. The number of ether oxygens (including phenoxy) is 3. The molecule has 0 radical (unpaired) electrons. The van der Waals surface area contributed by atoms with Crippen LogP contribution < -0.4 is 14.2 Å². The summed E-state index contributed by atoms with van der Waals surface area (Å²) in [6.07, 6.45) is 3.86. The van der Waals surface area contributed by atoms with Crippen LogP contribution in [-0.2, 0) is 4.79 Å². The molecule has 0 N–H and O–H groups in total. The van der Waals surface area contributed by atoms with E-state index in [2.05, 4.69) is 16.9 Å². The van der Waals surface area contributed by atoms with E-state index in [0.717, 1.165) is 39.1 Å². The highest BCUT2D eigenvalue weighted by Gasteiger charge is 2.37. The number of pyridine rings is 2. The number of carbonyl (C=O) groups excluding carboxylic acids is 1. The predicted octanol–water partition coefficient (Wildman–Crippen LogP) is 6.72. The van der Waals surface area contributed by atoms with Crippen LogP contribution in [0.3, 0.4) is 0 Å². The molecule has 204 valence electrons. The van der Waals surface area contributed by atoms with Gasteiger partial charge < -0.3 is 19.1 Å². The summed E-state index contributed by atoms with van der Waals surface area (Å²) in [6, 6.07) is 19.7. The molecule has 0 bridgehead atoms. The number of carbonyl (C=O) groups is 1. The Hall–Kier alpha value is -4.13. The van der Waals surface area contributed by atoms with Gasteiger partial charge in [0.05, 0.1) is 25.8 Å². The van der Waals surface area contributed by atoms with Crippen molar-refractivity contribution in [1.29, 1.82) is 0 Å². The van der Waals surface area contributed by atoms with Crippen molar-refractivity contribution in [3.05, 3.63) is 78.6 Å². The molecule has 1 saturated heterocycles. The second-order valence-electron chi connectivity index (χ2n) is 9.42. The third-order valence-corrected chi connectivity index (χ3v) is 7.19. The third kappa shape index (κ3) is 6.14. The van der Waals surface area contributed by atoms with Gasteiger partial charge in [0.1, 0.15) is 17.6 Å². The molecule has 0 spiro atoms. The number of amides is 1. The first-order valence-electron chi connectivity index (χ1n) is 13.5. The average molecular weight is 528 g/mol. The zero-order chi connectivity index (χ0) is 27.9. The van der Waals surface area contributed by atoms with E-state index in [1.807, 2.05) is 86.3 Å². The zero-order valence-electron chi connectivity index (χ0n) is 23.5. The number of methoxy groups -OCH3 is 2. The van der Waals surface area contributed by atoms with Gasteiger partial charge in [-0.25, -0.2) is 4.98 Å². The van der Waals surface area contributed by atoms with Gasteiger partial charge in [-0.15, -0.1) is 0 Å². The maximum atomic E-state index is 13.0. The van der Waals surface area contributed by atoms with Gasteiger partial charge in [-0.05, 0) is 67.4 Å². The molecule has 3 atom stereocenters. The molecule has 0 saturated carbocycles. The fraction of sp³-hybridized carbons (Fsp3) is 0.344. The van der Waals surface area contributed by atoms with Crippen LogP contribution in [0.25, 0.3) is 22.0 Å². The average Bonchev–Trinajstić information content (AvgIpc) is 3.39. The summed E-state index contributed by atoms with van der Waals surface area (Å²) in [7, 11) is 3.25. The van der Waals surface area contributed by atoms with Crippen LogP contribution in [-0.4, -0.2) is 47.6 Å². The lowest BCUT2D eigenvalue weighted by molar-refractivity contribution is -0.129. The minimum Gasteiger partial charge on any atom is -0.497 e. The summed E-state index contributed by atoms with van der Waals surface area (Å²) in [5.74, 6) is 2.34. The maximum Gasteiger partial charge on any atom is 0.223 e. The van der Waals surface area contributed by atoms with Gasteiger partial charge in [-0.3, -0.25) is 9.78 Å². The lowest BCUT2D eigenvalue weighted by Gasteiger charge is -2.27. The number of aromatic nitrogens is 2. The highest BCUT2D eigenvalue weighted by Crippen LogP contribution is 2.36. The van der Waals surface area contributed by atoms with Gasteiger partial charge in [-0.1, -0.05) is 26.0 Å². The van der Waals surface area contributed by atoms with Gasteiger partial charge in [0.2, 0.25) is 11.8 Å². The van der Waals surface area contributed by atoms with Crippen molar-refractivity contribution in [3.63, 3.8) is 0 Å². The molecule has 1 aliphatic rings. The fourth-order valence-electron chi connectivity index (χ4n) is 4.89. The normalized spacial score (nSPS) is 16.3. The van der Waals surface area contributed by atoms with Crippen LogP contribution in [0.15, 0.2) is 73.1 Å². The second-order valence-corrected chi connectivity index (χ2v) is 9.42. The Labute approximate surface area is 230 Å². The molecule has 1 amide bonds. The van der Waals surface area contributed by atoms with Crippen molar-refractivity contribution in [2.45, 2.75) is 46.3 Å². The molecule has 0 aliphatic carbocycles. The van der Waals surface area contributed by atoms with E-state index in [1.165, 1.54) is 0 Å². The predicted molar refractivity (Wildman–Crippen MR) is 154 cm³/mol. The molecule has 2 aromatic carbocycles. The van der Waals surface area contributed by atoms with E-state index >= 15 is 0 Å². The Morgan fingerprint density at radius 3 is 2.36 bits per heavy atom. The fourth-order valence-corrected chi connectivity index (χ4v) is 4.89. The number of fused-ring (bicyclic) bond motifs is 1. The number of hydrogen-bond acceptors (Lipinski definition) is 6. The Morgan fingerprint density at radius 1 is 0.923 bits per heavy atom. The van der Waals surface area contributed by atoms with Gasteiger partial charge in [0.15, 0.2) is 0 Å². The molecule has 5 rings (SSSR count). The highest BCUT2D eigenvalue weighted by atomic mass is 16.5. The van der Waals surface area contributed by atoms with Crippen molar-refractivity contribution in [2.75, 3.05) is 20.8 Å². The quantitative estimate of drug-likeness (QED) is 0.253. The summed E-state index contributed by atoms with van der Waals surface area (Å²) in [5.41, 5.74) is 3.83. The molecule has 4 aromatic rings. The topological polar surface area (TPSA) is 73.8 Å². The Bertz CT molecular complexity index is 1390. The molecular formula is C32H37N3O4. The van der Waals surface area contributed by atoms with Gasteiger partial charge in [0, 0.05) is 48.3 Å². The Morgan fingerprint density at radius 2 is 1.69 bits per heavy atom. The SMILES string of the molecule is CC.COc1ccc(C(C)N2CC([C@@H](C)Oc3cc(-c4ccc(OC)nc4)cc4ncccc34)CC2=O)cc1. The van der Waals surface area contributed by atoms with Crippen LogP contribution in [0.1, 0.15) is 45.7 Å². The molecule has 39 heavy (non-hydrogen) atoms. The monoisotopic (exact) mass is 527 g/mol. The van der Waals surface area contributed by atoms with Gasteiger partial charge in [-0.2, -0.15) is 0 Å². The summed E-state index contributed by atoms with van der Waals surface area (Å²) < 4.78 is 17.0. The standard InChI is InChI=1S/C30H31N3O4.C2H6/c1-19(21-7-10-25(35-3)11-8-21)33-18-24(16-30(33)34)20(2)37-28-15-23(14-27-26(28)6-5-13-31-27)22-9-12-29(36-4)32-17-22;1-2/h5-15,17,19-20,24H,16,18H2,1-4H3;1-2H3/t19?,20-,24?;/m1./s1. The van der Waals surface area contributed by atoms with Crippen molar-refractivity contribution < 1.29 is 19.0 Å². The molecule has 7 nitrogen and oxygen atoms in total. The molecule has 2 unspecified atom stereocenters. The maximum absolute atomic E-state index is 13.0. The van der Waals surface area contributed by atoms with Crippen LogP contribution in [0.4, 0.5) is 0 Å². The van der Waals surface area contributed by atoms with Crippen LogP contribution in [0, 0.1) is 5.92 Å². The molecule has 1 fully saturated rings. The third-order valence-electron chi connectivity index (χ3n) is 7.19. The van der Waals surface area contributed by atoms with Crippen molar-refractivity contribution in [1.82, 2.24) is 14.9 Å². The summed E-state index contributed by atoms with van der Waals surface area (Å²) in [4.78, 5) is 23.9. The lowest BCUT2D eigenvalue weighted by Crippen LogP contribution is -2.31.